The van der Waals surface area contributed by atoms with Gasteiger partial charge in [0.25, 0.3) is 0 Å². The number of nitrogens with zero attached hydrogens (tertiary/aromatic N) is 6. The van der Waals surface area contributed by atoms with E-state index in [1.807, 2.05) is 17.0 Å². The molecule has 2 bridgehead atoms. The fourth-order valence-electron chi connectivity index (χ4n) is 8.51. The van der Waals surface area contributed by atoms with Crippen LogP contribution in [0, 0.1) is 17.1 Å². The number of hydrogen-bond donors (Lipinski definition) is 1. The normalized spacial score (nSPS) is 25.4. The number of phenols is 1. The van der Waals surface area contributed by atoms with Gasteiger partial charge >= 0.3 is 6.01 Å². The number of anilines is 1. The Bertz CT molecular complexity index is 1960. The Kier molecular flexibility index (Phi) is 7.33. The molecule has 9 nitrogen and oxygen atoms in total. The molecule has 4 aliphatic rings. The smallest absolute Gasteiger partial charge is 0.319 e. The van der Waals surface area contributed by atoms with E-state index in [-0.39, 0.29) is 53.9 Å². The number of piperazine rings is 1. The summed E-state index contributed by atoms with van der Waals surface area (Å²) in [7, 11) is 0. The van der Waals surface area contributed by atoms with E-state index in [0.717, 1.165) is 32.2 Å². The highest BCUT2D eigenvalue weighted by molar-refractivity contribution is 6.36. The number of halogens is 3. The van der Waals surface area contributed by atoms with Crippen molar-refractivity contribution < 1.29 is 23.4 Å². The zero-order chi connectivity index (χ0) is 32.4. The number of rotatable bonds is 6. The summed E-state index contributed by atoms with van der Waals surface area (Å²) in [6.45, 7) is 2.31. The summed E-state index contributed by atoms with van der Waals surface area (Å²) in [6, 6.07) is 13.6. The van der Waals surface area contributed by atoms with Gasteiger partial charge in [0.15, 0.2) is 5.82 Å². The zero-order valence-electron chi connectivity index (χ0n) is 25.6. The number of amides is 1. The number of ether oxygens (including phenoxy) is 1. The standard InChI is InChI=1S/C35H33ClF2N6O3/c36-28-4-1-3-20-13-24(45)14-27(30(20)28)25-7-8-26-32(31(25)38)40-34(47-19-35-10-2-12-43(35)16-21(37)15-35)41-33(26)42-17-22-5-6-23(18-42)44(22)29(46)9-11-39/h1,3-4,7-8,13-14,21-23,45H,2,5-6,9-10,12,15-19H2/t21-,22-,23+,35+/m1/s1. The van der Waals surface area contributed by atoms with Crippen LogP contribution in [-0.4, -0.2) is 87.4 Å². The van der Waals surface area contributed by atoms with Gasteiger partial charge in [-0.05, 0) is 67.4 Å². The molecule has 1 amide bonds. The molecule has 4 aromatic rings. The van der Waals surface area contributed by atoms with E-state index in [1.165, 1.54) is 6.07 Å². The Balaban J connectivity index is 1.23. The van der Waals surface area contributed by atoms with Gasteiger partial charge in [-0.2, -0.15) is 15.2 Å². The summed E-state index contributed by atoms with van der Waals surface area (Å²) >= 11 is 6.60. The summed E-state index contributed by atoms with van der Waals surface area (Å²) in [5, 5.41) is 21.9. The highest BCUT2D eigenvalue weighted by Gasteiger charge is 2.49. The number of aromatic nitrogens is 2. The van der Waals surface area contributed by atoms with Crippen LogP contribution in [0.1, 0.15) is 38.5 Å². The molecule has 47 heavy (non-hydrogen) atoms. The minimum atomic E-state index is -0.925. The number of aromatic hydroxyl groups is 1. The van der Waals surface area contributed by atoms with Crippen LogP contribution < -0.4 is 9.64 Å². The van der Waals surface area contributed by atoms with E-state index in [2.05, 4.69) is 14.8 Å². The van der Waals surface area contributed by atoms with Crippen molar-refractivity contribution >= 4 is 45.0 Å². The third-order valence-electron chi connectivity index (χ3n) is 10.5. The van der Waals surface area contributed by atoms with E-state index < -0.39 is 17.5 Å². The zero-order valence-corrected chi connectivity index (χ0v) is 26.4. The number of fused-ring (bicyclic) bond motifs is 5. The fourth-order valence-corrected chi connectivity index (χ4v) is 8.79. The van der Waals surface area contributed by atoms with Crippen molar-refractivity contribution in [3.63, 3.8) is 0 Å². The Hall–Kier alpha value is -4.27. The highest BCUT2D eigenvalue weighted by atomic mass is 35.5. The Labute approximate surface area is 275 Å². The molecular formula is C35H33ClF2N6O3. The topological polar surface area (TPSA) is 106 Å². The van der Waals surface area contributed by atoms with Crippen molar-refractivity contribution in [1.29, 1.82) is 5.26 Å². The Morgan fingerprint density at radius 2 is 1.94 bits per heavy atom. The molecule has 0 aliphatic carbocycles. The first kappa shape index (κ1) is 30.1. The van der Waals surface area contributed by atoms with E-state index >= 15 is 4.39 Å². The second kappa shape index (κ2) is 11.5. The van der Waals surface area contributed by atoms with E-state index in [9.17, 15) is 14.3 Å². The first-order valence-electron chi connectivity index (χ1n) is 16.1. The van der Waals surface area contributed by atoms with Crippen LogP contribution in [0.25, 0.3) is 32.8 Å². The lowest BCUT2D eigenvalue weighted by molar-refractivity contribution is -0.133. The van der Waals surface area contributed by atoms with Crippen LogP contribution in [0.2, 0.25) is 5.02 Å². The average Bonchev–Trinajstić information content (AvgIpc) is 3.66. The highest BCUT2D eigenvalue weighted by Crippen LogP contribution is 2.43. The predicted octanol–water partition coefficient (Wildman–Crippen LogP) is 6.00. The van der Waals surface area contributed by atoms with Crippen molar-refractivity contribution in [3.05, 3.63) is 53.3 Å². The van der Waals surface area contributed by atoms with Gasteiger partial charge in [-0.25, -0.2) is 8.78 Å². The first-order valence-corrected chi connectivity index (χ1v) is 16.5. The van der Waals surface area contributed by atoms with E-state index in [4.69, 9.17) is 26.6 Å². The van der Waals surface area contributed by atoms with E-state index in [1.54, 1.807) is 30.3 Å². The van der Waals surface area contributed by atoms with Crippen molar-refractivity contribution in [2.45, 2.75) is 62.3 Å². The van der Waals surface area contributed by atoms with E-state index in [0.29, 0.717) is 58.6 Å². The van der Waals surface area contributed by atoms with Crippen LogP contribution in [0.5, 0.6) is 11.8 Å². The van der Waals surface area contributed by atoms with Crippen molar-refractivity contribution in [2.75, 3.05) is 37.7 Å². The van der Waals surface area contributed by atoms with Crippen LogP contribution in [0.3, 0.4) is 0 Å². The monoisotopic (exact) mass is 658 g/mol. The molecular weight excluding hydrogens is 626 g/mol. The van der Waals surface area contributed by atoms with Gasteiger partial charge in [-0.3, -0.25) is 9.69 Å². The quantitative estimate of drug-likeness (QED) is 0.269. The molecule has 0 radical (unpaired) electrons. The number of hydrogen-bond acceptors (Lipinski definition) is 8. The first-order chi connectivity index (χ1) is 22.7. The number of nitriles is 1. The maximum atomic E-state index is 16.9. The molecule has 1 aromatic heterocycles. The number of carbonyl (C=O) groups is 1. The number of alkyl halides is 1. The molecule has 4 aliphatic heterocycles. The Morgan fingerprint density at radius 3 is 2.72 bits per heavy atom. The van der Waals surface area contributed by atoms with Crippen molar-refractivity contribution in [3.8, 4) is 29.0 Å². The molecule has 5 heterocycles. The van der Waals surface area contributed by atoms with Crippen LogP contribution in [0.15, 0.2) is 42.5 Å². The lowest BCUT2D eigenvalue weighted by atomic mass is 9.95. The second-order valence-corrected chi connectivity index (χ2v) is 13.7. The molecule has 4 fully saturated rings. The fraction of sp³-hybridized carbons (Fsp3) is 0.429. The van der Waals surface area contributed by atoms with Gasteiger partial charge in [0.1, 0.15) is 36.3 Å². The van der Waals surface area contributed by atoms with Gasteiger partial charge in [0.2, 0.25) is 5.91 Å². The largest absolute Gasteiger partial charge is 0.508 e. The molecule has 8 rings (SSSR count). The SMILES string of the molecule is N#CCC(=O)N1[C@@H]2CC[C@H]1CN(c1nc(OC[C@@]34CCCN3C[C@H](F)C4)nc3c(F)c(-c4cc(O)cc5cccc(Cl)c45)ccc13)C2. The number of phenolic OH excluding ortho intramolecular Hbond substituents is 1. The predicted molar refractivity (Wildman–Crippen MR) is 174 cm³/mol. The van der Waals surface area contributed by atoms with Crippen molar-refractivity contribution in [1.82, 2.24) is 19.8 Å². The minimum absolute atomic E-state index is 0.00113. The third-order valence-corrected chi connectivity index (χ3v) is 10.8. The van der Waals surface area contributed by atoms with Crippen LogP contribution in [0.4, 0.5) is 14.6 Å². The van der Waals surface area contributed by atoms with Crippen molar-refractivity contribution in [2.24, 2.45) is 0 Å². The third kappa shape index (κ3) is 5.00. The molecule has 3 aromatic carbocycles. The lowest BCUT2D eigenvalue weighted by Gasteiger charge is -2.41. The molecule has 242 valence electrons. The maximum absolute atomic E-state index is 16.9. The molecule has 12 heteroatoms. The molecule has 0 spiro atoms. The van der Waals surface area contributed by atoms with Crippen LogP contribution in [-0.2, 0) is 4.79 Å². The number of benzene rings is 3. The Morgan fingerprint density at radius 1 is 1.13 bits per heavy atom. The van der Waals surface area contributed by atoms with Gasteiger partial charge in [-0.1, -0.05) is 29.8 Å². The maximum Gasteiger partial charge on any atom is 0.319 e. The molecule has 1 N–H and O–H groups in total. The molecule has 4 saturated heterocycles. The molecule has 0 saturated carbocycles. The lowest BCUT2D eigenvalue weighted by Crippen LogP contribution is -2.56. The second-order valence-electron chi connectivity index (χ2n) is 13.3. The van der Waals surface area contributed by atoms with Gasteiger partial charge < -0.3 is 19.6 Å². The van der Waals surface area contributed by atoms with Gasteiger partial charge in [-0.15, -0.1) is 0 Å². The van der Waals surface area contributed by atoms with Crippen LogP contribution >= 0.6 is 11.6 Å². The van der Waals surface area contributed by atoms with Gasteiger partial charge in [0.05, 0.1) is 11.6 Å². The summed E-state index contributed by atoms with van der Waals surface area (Å²) in [5.41, 5.74) is 0.250. The number of carbonyl (C=O) groups excluding carboxylic acids is 1. The summed E-state index contributed by atoms with van der Waals surface area (Å²) in [5.74, 6) is -0.316. The minimum Gasteiger partial charge on any atom is -0.508 e. The summed E-state index contributed by atoms with van der Waals surface area (Å²) in [6.07, 6.45) is 2.65. The summed E-state index contributed by atoms with van der Waals surface area (Å²) < 4.78 is 37.6. The molecule has 4 atom stereocenters. The van der Waals surface area contributed by atoms with Gasteiger partial charge in [0, 0.05) is 59.5 Å². The summed E-state index contributed by atoms with van der Waals surface area (Å²) in [4.78, 5) is 28.3. The molecule has 0 unspecified atom stereocenters. The average molecular weight is 659 g/mol.